The van der Waals surface area contributed by atoms with Crippen molar-refractivity contribution in [3.63, 3.8) is 0 Å². The van der Waals surface area contributed by atoms with Gasteiger partial charge in [-0.3, -0.25) is 0 Å². The first kappa shape index (κ1) is 5.46. The lowest BCUT2D eigenvalue weighted by Gasteiger charge is -2.34. The Morgan fingerprint density at radius 1 is 1.64 bits per heavy atom. The van der Waals surface area contributed by atoms with Crippen molar-refractivity contribution in [1.29, 1.82) is 0 Å². The van der Waals surface area contributed by atoms with E-state index in [-0.39, 0.29) is 25.4 Å². The monoisotopic (exact) mass is 166 g/mol. The Labute approximate surface area is 70.6 Å². The molecule has 1 rings (SSSR count). The van der Waals surface area contributed by atoms with Crippen LogP contribution in [-0.4, -0.2) is 31.4 Å². The largest absolute Gasteiger partial charge is 0.306 e. The maximum Gasteiger partial charge on any atom is 0.241 e. The van der Waals surface area contributed by atoms with Crippen LogP contribution in [0.3, 0.4) is 0 Å². The number of likely N-dealkylation sites (tertiary alicyclic amines) is 1. The van der Waals surface area contributed by atoms with Gasteiger partial charge in [0.2, 0.25) is 6.43 Å². The average molecular weight is 166 g/mol. The Kier molecular flexibility index (Phi) is 1.73. The fourth-order valence-corrected chi connectivity index (χ4v) is 1.54. The first-order valence-electron chi connectivity index (χ1n) is 5.35. The van der Waals surface area contributed by atoms with Gasteiger partial charge in [0.05, 0.1) is 0 Å². The molecule has 0 bridgehead atoms. The molecule has 1 aliphatic heterocycles. The first-order chi connectivity index (χ1) is 6.32. The summed E-state index contributed by atoms with van der Waals surface area (Å²) in [6.07, 6.45) is -2.05. The molecule has 0 spiro atoms. The minimum absolute atomic E-state index is 0.242. The van der Waals surface area contributed by atoms with Crippen molar-refractivity contribution in [3.8, 4) is 0 Å². The van der Waals surface area contributed by atoms with E-state index in [2.05, 4.69) is 0 Å². The molecule has 0 aromatic rings. The van der Waals surface area contributed by atoms with E-state index in [1.807, 2.05) is 0 Å². The fraction of sp³-hybridized carbons (Fsp3) is 1.00. The fourth-order valence-electron chi connectivity index (χ4n) is 1.54. The van der Waals surface area contributed by atoms with Crippen LogP contribution >= 0.6 is 0 Å². The minimum Gasteiger partial charge on any atom is -0.306 e. The molecule has 0 aliphatic carbocycles. The van der Waals surface area contributed by atoms with Crippen molar-refractivity contribution in [1.82, 2.24) is 4.90 Å². The first-order valence-corrected chi connectivity index (χ1v) is 3.85. The summed E-state index contributed by atoms with van der Waals surface area (Å²) >= 11 is 0. The van der Waals surface area contributed by atoms with E-state index in [0.717, 1.165) is 0 Å². The number of hydrogen-bond donors (Lipinski definition) is 0. The maximum atomic E-state index is 12.4. The zero-order chi connectivity index (χ0) is 10.9. The third kappa shape index (κ3) is 2.12. The van der Waals surface area contributed by atoms with Gasteiger partial charge in [0.15, 0.2) is 0 Å². The molecule has 0 aromatic carbocycles. The molecule has 1 nitrogen and oxygen atoms in total. The van der Waals surface area contributed by atoms with Gasteiger partial charge in [-0.15, -0.1) is 0 Å². The molecule has 0 radical (unpaired) electrons. The normalized spacial score (nSPS) is 39.8. The third-order valence-corrected chi connectivity index (χ3v) is 2.30. The lowest BCUT2D eigenvalue weighted by molar-refractivity contribution is 0.00810. The van der Waals surface area contributed by atoms with Crippen molar-refractivity contribution in [2.24, 2.45) is 11.8 Å². The van der Waals surface area contributed by atoms with E-state index >= 15 is 0 Å². The number of halogens is 2. The Hall–Kier alpha value is -0.180. The predicted molar refractivity (Wildman–Crippen MR) is 40.8 cm³/mol. The molecule has 1 saturated heterocycles. The highest BCUT2D eigenvalue weighted by molar-refractivity contribution is 4.77. The second-order valence-corrected chi connectivity index (χ2v) is 3.21. The van der Waals surface area contributed by atoms with Crippen LogP contribution < -0.4 is 0 Å². The highest BCUT2D eigenvalue weighted by Crippen LogP contribution is 2.27. The average Bonchev–Trinajstić information content (AvgIpc) is 2.01. The van der Waals surface area contributed by atoms with E-state index < -0.39 is 19.3 Å². The van der Waals surface area contributed by atoms with Gasteiger partial charge in [0.25, 0.3) is 0 Å². The van der Waals surface area contributed by atoms with Gasteiger partial charge >= 0.3 is 0 Å². The number of hydrogen-bond acceptors (Lipinski definition) is 1. The molecule has 0 amide bonds. The van der Waals surface area contributed by atoms with Crippen molar-refractivity contribution in [2.45, 2.75) is 19.8 Å². The van der Waals surface area contributed by atoms with E-state index in [1.165, 1.54) is 4.90 Å². The molecule has 1 aliphatic rings. The minimum atomic E-state index is -2.33. The zero-order valence-corrected chi connectivity index (χ0v) is 6.56. The molecule has 1 fully saturated rings. The molecule has 1 heterocycles. The van der Waals surface area contributed by atoms with Crippen molar-refractivity contribution >= 4 is 0 Å². The van der Waals surface area contributed by atoms with Gasteiger partial charge in [-0.2, -0.15) is 0 Å². The van der Waals surface area contributed by atoms with E-state index in [1.54, 1.807) is 6.92 Å². The van der Waals surface area contributed by atoms with Crippen molar-refractivity contribution in [3.05, 3.63) is 0 Å². The number of piperidine rings is 1. The molecule has 3 heteroatoms. The van der Waals surface area contributed by atoms with Gasteiger partial charge < -0.3 is 4.90 Å². The van der Waals surface area contributed by atoms with Gasteiger partial charge in [0.1, 0.15) is 0 Å². The van der Waals surface area contributed by atoms with Crippen LogP contribution in [0, 0.1) is 11.8 Å². The van der Waals surface area contributed by atoms with E-state index in [9.17, 15) is 8.78 Å². The summed E-state index contributed by atoms with van der Waals surface area (Å²) in [5.41, 5.74) is 0. The second kappa shape index (κ2) is 3.48. The highest BCUT2D eigenvalue weighted by atomic mass is 19.3. The van der Waals surface area contributed by atoms with Crippen LogP contribution in [0.15, 0.2) is 0 Å². The molecule has 66 valence electrons. The molecule has 2 atom stereocenters. The van der Waals surface area contributed by atoms with E-state index in [0.29, 0.717) is 0 Å². The number of nitrogens with zero attached hydrogens (tertiary/aromatic N) is 1. The van der Waals surface area contributed by atoms with Crippen LogP contribution in [0.2, 0.25) is 0 Å². The molecular weight excluding hydrogens is 148 g/mol. The van der Waals surface area contributed by atoms with Crippen LogP contribution in [0.4, 0.5) is 8.78 Å². The van der Waals surface area contributed by atoms with Crippen molar-refractivity contribution in [2.75, 3.05) is 20.1 Å². The maximum absolute atomic E-state index is 12.4. The molecule has 0 N–H and O–H groups in total. The number of rotatable bonds is 1. The van der Waals surface area contributed by atoms with Crippen molar-refractivity contribution < 1.29 is 12.9 Å². The SMILES string of the molecule is [2H]C([2H])([2H])N1CC[C@H](C(F)F)[C@H](C)C1. The van der Waals surface area contributed by atoms with Crippen LogP contribution in [-0.2, 0) is 0 Å². The quantitative estimate of drug-likeness (QED) is 0.574. The second-order valence-electron chi connectivity index (χ2n) is 3.21. The molecule has 0 unspecified atom stereocenters. The Morgan fingerprint density at radius 3 is 2.82 bits per heavy atom. The van der Waals surface area contributed by atoms with Crippen LogP contribution in [0.5, 0.6) is 0 Å². The summed E-state index contributed by atoms with van der Waals surface area (Å²) in [6.45, 7) is 0.0391. The smallest absolute Gasteiger partial charge is 0.241 e. The van der Waals surface area contributed by atoms with Crippen LogP contribution in [0.25, 0.3) is 0 Å². The molecule has 11 heavy (non-hydrogen) atoms. The Morgan fingerprint density at radius 2 is 2.36 bits per heavy atom. The van der Waals surface area contributed by atoms with E-state index in [4.69, 9.17) is 4.11 Å². The van der Waals surface area contributed by atoms with Crippen LogP contribution in [0.1, 0.15) is 17.5 Å². The van der Waals surface area contributed by atoms with Gasteiger partial charge in [0, 0.05) is 16.6 Å². The summed E-state index contributed by atoms with van der Waals surface area (Å²) in [5.74, 6) is -0.891. The van der Waals surface area contributed by atoms with Gasteiger partial charge in [-0.1, -0.05) is 6.92 Å². The van der Waals surface area contributed by atoms with Gasteiger partial charge in [-0.05, 0) is 25.9 Å². The summed E-state index contributed by atoms with van der Waals surface area (Å²) in [6, 6.07) is 0. The summed E-state index contributed by atoms with van der Waals surface area (Å²) in [5, 5.41) is 0. The summed E-state index contributed by atoms with van der Waals surface area (Å²) in [4.78, 5) is 1.30. The molecular formula is C8H15F2N. The lowest BCUT2D eigenvalue weighted by atomic mass is 9.87. The summed E-state index contributed by atoms with van der Waals surface area (Å²) in [7, 11) is 0. The lowest BCUT2D eigenvalue weighted by Crippen LogP contribution is -2.39. The Balaban J connectivity index is 2.55. The Bertz CT molecular complexity index is 196. The third-order valence-electron chi connectivity index (χ3n) is 2.30. The molecule has 0 saturated carbocycles. The molecule has 0 aromatic heterocycles. The zero-order valence-electron chi connectivity index (χ0n) is 9.56. The standard InChI is InChI=1S/C8H15F2N/c1-6-5-11(2)4-3-7(6)8(9)10/h6-8H,3-5H2,1-2H3/t6-,7+/m1/s1/i2D3. The number of alkyl halides is 2. The predicted octanol–water partition coefficient (Wildman–Crippen LogP) is 1.84. The highest BCUT2D eigenvalue weighted by Gasteiger charge is 2.30. The summed E-state index contributed by atoms with van der Waals surface area (Å²) < 4.78 is 46.4. The van der Waals surface area contributed by atoms with Gasteiger partial charge in [-0.25, -0.2) is 8.78 Å². The topological polar surface area (TPSA) is 3.24 Å².